The molecular formula is C16H16N2O4. The maximum Gasteiger partial charge on any atom is 0.273 e. The molecule has 0 atom stereocenters. The molecule has 0 radical (unpaired) electrons. The summed E-state index contributed by atoms with van der Waals surface area (Å²) in [5.74, 6) is -0.0971. The molecule has 0 fully saturated rings. The Hall–Kier alpha value is -2.89. The number of phenolic OH excluding ortho intramolecular Hbond substituents is 1. The predicted molar refractivity (Wildman–Crippen MR) is 81.6 cm³/mol. The van der Waals surface area contributed by atoms with Gasteiger partial charge in [-0.25, -0.2) is 0 Å². The van der Waals surface area contributed by atoms with Crippen molar-refractivity contribution in [2.24, 2.45) is 0 Å². The van der Waals surface area contributed by atoms with Gasteiger partial charge >= 0.3 is 0 Å². The number of benzene rings is 2. The van der Waals surface area contributed by atoms with Gasteiger partial charge in [0.2, 0.25) is 5.91 Å². The fourth-order valence-corrected chi connectivity index (χ4v) is 2.13. The zero-order chi connectivity index (χ0) is 15.9. The molecule has 0 aromatic heterocycles. The normalized spacial score (nSPS) is 10.2. The lowest BCUT2D eigenvalue weighted by Crippen LogP contribution is -2.27. The Labute approximate surface area is 127 Å². The monoisotopic (exact) mass is 300 g/mol. The van der Waals surface area contributed by atoms with Gasteiger partial charge in [-0.3, -0.25) is 14.9 Å². The van der Waals surface area contributed by atoms with Crippen LogP contribution in [0.15, 0.2) is 48.5 Å². The maximum atomic E-state index is 11.9. The van der Waals surface area contributed by atoms with Crippen LogP contribution in [0.1, 0.15) is 11.1 Å². The van der Waals surface area contributed by atoms with Crippen LogP contribution in [0.4, 0.5) is 5.69 Å². The van der Waals surface area contributed by atoms with E-state index in [0.717, 1.165) is 5.56 Å². The van der Waals surface area contributed by atoms with Crippen molar-refractivity contribution in [1.82, 2.24) is 5.32 Å². The number of carbonyl (C=O) groups excluding carboxylic acids is 1. The first-order valence-electron chi connectivity index (χ1n) is 6.84. The third-order valence-corrected chi connectivity index (χ3v) is 3.25. The van der Waals surface area contributed by atoms with E-state index in [9.17, 15) is 20.0 Å². The second-order valence-corrected chi connectivity index (χ2v) is 4.79. The van der Waals surface area contributed by atoms with Gasteiger partial charge in [-0.1, -0.05) is 36.4 Å². The molecule has 0 saturated heterocycles. The van der Waals surface area contributed by atoms with Gasteiger partial charge in [-0.2, -0.15) is 0 Å². The van der Waals surface area contributed by atoms with Crippen LogP contribution in [0, 0.1) is 10.1 Å². The Bertz CT molecular complexity index is 685. The summed E-state index contributed by atoms with van der Waals surface area (Å²) in [7, 11) is 0. The average Bonchev–Trinajstić information content (AvgIpc) is 2.49. The molecule has 1 amide bonds. The molecular weight excluding hydrogens is 284 g/mol. The van der Waals surface area contributed by atoms with E-state index in [0.29, 0.717) is 18.5 Å². The van der Waals surface area contributed by atoms with E-state index in [2.05, 4.69) is 5.32 Å². The largest absolute Gasteiger partial charge is 0.508 e. The lowest BCUT2D eigenvalue weighted by molar-refractivity contribution is -0.385. The highest BCUT2D eigenvalue weighted by molar-refractivity contribution is 5.79. The summed E-state index contributed by atoms with van der Waals surface area (Å²) in [4.78, 5) is 22.3. The zero-order valence-electron chi connectivity index (χ0n) is 11.9. The molecule has 2 rings (SSSR count). The van der Waals surface area contributed by atoms with Gasteiger partial charge in [0.05, 0.1) is 11.3 Å². The molecule has 2 aromatic rings. The van der Waals surface area contributed by atoms with Crippen molar-refractivity contribution in [3.8, 4) is 5.75 Å². The highest BCUT2D eigenvalue weighted by Crippen LogP contribution is 2.18. The lowest BCUT2D eigenvalue weighted by atomic mass is 10.1. The number of nitro benzene ring substituents is 1. The second-order valence-electron chi connectivity index (χ2n) is 4.79. The molecule has 6 nitrogen and oxygen atoms in total. The third kappa shape index (κ3) is 4.05. The summed E-state index contributed by atoms with van der Waals surface area (Å²) in [6.45, 7) is 0.358. The lowest BCUT2D eigenvalue weighted by Gasteiger charge is -2.07. The summed E-state index contributed by atoms with van der Waals surface area (Å²) in [6, 6.07) is 13.1. The van der Waals surface area contributed by atoms with Crippen LogP contribution in [0.2, 0.25) is 0 Å². The molecule has 6 heteroatoms. The van der Waals surface area contributed by atoms with E-state index >= 15 is 0 Å². The first-order chi connectivity index (χ1) is 10.6. The number of hydrogen-bond donors (Lipinski definition) is 2. The fraction of sp³-hybridized carbons (Fsp3) is 0.188. The van der Waals surface area contributed by atoms with Gasteiger partial charge in [-0.05, 0) is 18.1 Å². The third-order valence-electron chi connectivity index (χ3n) is 3.25. The van der Waals surface area contributed by atoms with Crippen molar-refractivity contribution in [1.29, 1.82) is 0 Å². The number of nitrogens with zero attached hydrogens (tertiary/aromatic N) is 1. The highest BCUT2D eigenvalue weighted by Gasteiger charge is 2.15. The topological polar surface area (TPSA) is 92.5 Å². The molecule has 0 aliphatic carbocycles. The molecule has 0 aliphatic heterocycles. The minimum Gasteiger partial charge on any atom is -0.508 e. The van der Waals surface area contributed by atoms with E-state index in [1.807, 2.05) is 6.07 Å². The molecule has 0 unspecified atom stereocenters. The van der Waals surface area contributed by atoms with Gasteiger partial charge in [0.1, 0.15) is 5.75 Å². The minimum atomic E-state index is -0.495. The molecule has 0 aliphatic rings. The van der Waals surface area contributed by atoms with Crippen LogP contribution in [-0.2, 0) is 17.6 Å². The number of nitrogens with one attached hydrogen (secondary N) is 1. The van der Waals surface area contributed by atoms with Crippen LogP contribution >= 0.6 is 0 Å². The first kappa shape index (κ1) is 15.5. The predicted octanol–water partition coefficient (Wildman–Crippen LogP) is 2.20. The van der Waals surface area contributed by atoms with Crippen LogP contribution in [0.3, 0.4) is 0 Å². The quantitative estimate of drug-likeness (QED) is 0.632. The van der Waals surface area contributed by atoms with Gasteiger partial charge in [0.15, 0.2) is 0 Å². The smallest absolute Gasteiger partial charge is 0.273 e. The number of phenols is 1. The van der Waals surface area contributed by atoms with Gasteiger partial charge in [-0.15, -0.1) is 0 Å². The van der Waals surface area contributed by atoms with Crippen molar-refractivity contribution >= 4 is 11.6 Å². The SMILES string of the molecule is O=C(Cc1ccccc1[N+](=O)[O-])NCCc1ccccc1O. The van der Waals surface area contributed by atoms with E-state index in [4.69, 9.17) is 0 Å². The van der Waals surface area contributed by atoms with Crippen LogP contribution in [-0.4, -0.2) is 22.5 Å². The van der Waals surface area contributed by atoms with Crippen molar-refractivity contribution in [3.63, 3.8) is 0 Å². The number of amides is 1. The Morgan fingerprint density at radius 3 is 2.41 bits per heavy atom. The Morgan fingerprint density at radius 2 is 1.73 bits per heavy atom. The highest BCUT2D eigenvalue weighted by atomic mass is 16.6. The van der Waals surface area contributed by atoms with Crippen molar-refractivity contribution in [2.45, 2.75) is 12.8 Å². The molecule has 0 bridgehead atoms. The summed E-state index contributed by atoms with van der Waals surface area (Å²) in [5.41, 5.74) is 1.07. The summed E-state index contributed by atoms with van der Waals surface area (Å²) in [5, 5.41) is 23.2. The molecule has 2 aromatic carbocycles. The van der Waals surface area contributed by atoms with E-state index in [1.54, 1.807) is 36.4 Å². The van der Waals surface area contributed by atoms with Crippen LogP contribution < -0.4 is 5.32 Å². The molecule has 0 spiro atoms. The molecule has 2 N–H and O–H groups in total. The van der Waals surface area contributed by atoms with E-state index in [1.165, 1.54) is 6.07 Å². The first-order valence-corrected chi connectivity index (χ1v) is 6.84. The summed E-state index contributed by atoms with van der Waals surface area (Å²) >= 11 is 0. The van der Waals surface area contributed by atoms with E-state index < -0.39 is 4.92 Å². The van der Waals surface area contributed by atoms with Gasteiger partial charge in [0.25, 0.3) is 5.69 Å². The number of nitro groups is 1. The van der Waals surface area contributed by atoms with E-state index in [-0.39, 0.29) is 23.8 Å². The van der Waals surface area contributed by atoms with Crippen molar-refractivity contribution < 1.29 is 14.8 Å². The number of para-hydroxylation sites is 2. The fourth-order valence-electron chi connectivity index (χ4n) is 2.13. The number of rotatable bonds is 6. The molecule has 0 heterocycles. The number of carbonyl (C=O) groups is 1. The van der Waals surface area contributed by atoms with Gasteiger partial charge in [0, 0.05) is 18.2 Å². The summed E-state index contributed by atoms with van der Waals surface area (Å²) in [6.07, 6.45) is 0.452. The Morgan fingerprint density at radius 1 is 1.09 bits per heavy atom. The second kappa shape index (κ2) is 7.21. The average molecular weight is 300 g/mol. The van der Waals surface area contributed by atoms with Gasteiger partial charge < -0.3 is 10.4 Å². The molecule has 22 heavy (non-hydrogen) atoms. The molecule has 0 saturated carbocycles. The Kier molecular flexibility index (Phi) is 5.08. The van der Waals surface area contributed by atoms with Crippen molar-refractivity contribution in [3.05, 3.63) is 69.8 Å². The summed E-state index contributed by atoms with van der Waals surface area (Å²) < 4.78 is 0. The minimum absolute atomic E-state index is 0.0437. The number of aromatic hydroxyl groups is 1. The van der Waals surface area contributed by atoms with Crippen molar-refractivity contribution in [2.75, 3.05) is 6.54 Å². The Balaban J connectivity index is 1.89. The zero-order valence-corrected chi connectivity index (χ0v) is 11.9. The van der Waals surface area contributed by atoms with Crippen LogP contribution in [0.5, 0.6) is 5.75 Å². The van der Waals surface area contributed by atoms with Crippen LogP contribution in [0.25, 0.3) is 0 Å². The maximum absolute atomic E-state index is 11.9. The number of hydrogen-bond acceptors (Lipinski definition) is 4. The molecule has 114 valence electrons. The standard InChI is InChI=1S/C16H16N2O4/c19-15-8-4-2-5-12(15)9-10-17-16(20)11-13-6-1-3-7-14(13)18(21)22/h1-8,19H,9-11H2,(H,17,20).